The molecule has 70 valence electrons. The molecule has 0 heterocycles. The maximum Gasteiger partial charge on any atom is 0.250 e. The summed E-state index contributed by atoms with van der Waals surface area (Å²) < 4.78 is 13.3. The molecule has 3 N–H and O–H groups in total. The maximum atomic E-state index is 13.0. The Bertz CT molecular complexity index is 354. The van der Waals surface area contributed by atoms with Crippen LogP contribution < -0.4 is 11.1 Å². The molecule has 1 aromatic rings. The van der Waals surface area contributed by atoms with Gasteiger partial charge in [-0.25, -0.2) is 4.39 Å². The van der Waals surface area contributed by atoms with E-state index in [1.807, 2.05) is 0 Å². The standard InChI is InChI=1S/C8H8BrFN2O/c1-12-7-3-5(9)6(10)2-4(7)8(11)13/h2-3,12H,1H3,(H2,11,13). The van der Waals surface area contributed by atoms with E-state index in [2.05, 4.69) is 21.2 Å². The van der Waals surface area contributed by atoms with Crippen molar-refractivity contribution in [1.29, 1.82) is 0 Å². The number of anilines is 1. The van der Waals surface area contributed by atoms with Gasteiger partial charge in [0.05, 0.1) is 10.0 Å². The molecule has 0 aliphatic heterocycles. The summed E-state index contributed by atoms with van der Waals surface area (Å²) in [6, 6.07) is 2.56. The number of carbonyl (C=O) groups is 1. The number of primary amides is 1. The first-order valence-corrected chi connectivity index (χ1v) is 4.32. The van der Waals surface area contributed by atoms with Crippen LogP contribution in [0.15, 0.2) is 16.6 Å². The van der Waals surface area contributed by atoms with E-state index >= 15 is 0 Å². The number of carbonyl (C=O) groups excluding carboxylic acids is 1. The van der Waals surface area contributed by atoms with Crippen molar-refractivity contribution in [2.75, 3.05) is 12.4 Å². The van der Waals surface area contributed by atoms with E-state index in [-0.39, 0.29) is 5.56 Å². The zero-order valence-electron chi connectivity index (χ0n) is 6.90. The molecule has 1 amide bonds. The lowest BCUT2D eigenvalue weighted by Gasteiger charge is -2.06. The summed E-state index contributed by atoms with van der Waals surface area (Å²) in [5, 5.41) is 2.75. The van der Waals surface area contributed by atoms with Gasteiger partial charge in [-0.3, -0.25) is 4.79 Å². The second-order valence-corrected chi connectivity index (χ2v) is 3.28. The van der Waals surface area contributed by atoms with Crippen LogP contribution >= 0.6 is 15.9 Å². The second-order valence-electron chi connectivity index (χ2n) is 2.43. The van der Waals surface area contributed by atoms with Crippen LogP contribution in [0.5, 0.6) is 0 Å². The van der Waals surface area contributed by atoms with Crippen LogP contribution in [-0.4, -0.2) is 13.0 Å². The van der Waals surface area contributed by atoms with Gasteiger partial charge in [0, 0.05) is 12.7 Å². The van der Waals surface area contributed by atoms with E-state index in [4.69, 9.17) is 5.73 Å². The zero-order chi connectivity index (χ0) is 10.0. The second kappa shape index (κ2) is 3.74. The first kappa shape index (κ1) is 9.98. The van der Waals surface area contributed by atoms with Gasteiger partial charge in [0.2, 0.25) is 0 Å². The highest BCUT2D eigenvalue weighted by molar-refractivity contribution is 9.10. The first-order valence-electron chi connectivity index (χ1n) is 3.53. The van der Waals surface area contributed by atoms with Gasteiger partial charge in [0.25, 0.3) is 5.91 Å². The highest BCUT2D eigenvalue weighted by atomic mass is 79.9. The highest BCUT2D eigenvalue weighted by Crippen LogP contribution is 2.24. The van der Waals surface area contributed by atoms with Crippen LogP contribution in [-0.2, 0) is 0 Å². The van der Waals surface area contributed by atoms with E-state index in [0.717, 1.165) is 6.07 Å². The molecule has 0 saturated carbocycles. The van der Waals surface area contributed by atoms with Crippen LogP contribution in [0.2, 0.25) is 0 Å². The maximum absolute atomic E-state index is 13.0. The monoisotopic (exact) mass is 246 g/mol. The van der Waals surface area contributed by atoms with Crippen LogP contribution in [0.3, 0.4) is 0 Å². The largest absolute Gasteiger partial charge is 0.387 e. The topological polar surface area (TPSA) is 55.1 Å². The smallest absolute Gasteiger partial charge is 0.250 e. The molecule has 1 rings (SSSR count). The summed E-state index contributed by atoms with van der Waals surface area (Å²) in [7, 11) is 1.63. The predicted octanol–water partition coefficient (Wildman–Crippen LogP) is 1.73. The minimum absolute atomic E-state index is 0.142. The molecule has 1 aromatic carbocycles. The molecule has 3 nitrogen and oxygen atoms in total. The Labute approximate surface area is 83.2 Å². The minimum atomic E-state index is -0.657. The van der Waals surface area contributed by atoms with E-state index in [9.17, 15) is 9.18 Å². The number of halogens is 2. The molecule has 0 atom stereocenters. The van der Waals surface area contributed by atoms with Gasteiger partial charge in [-0.2, -0.15) is 0 Å². The van der Waals surface area contributed by atoms with Crippen molar-refractivity contribution >= 4 is 27.5 Å². The van der Waals surface area contributed by atoms with Crippen LogP contribution in [0.1, 0.15) is 10.4 Å². The number of nitrogens with two attached hydrogens (primary N) is 1. The number of hydrogen-bond donors (Lipinski definition) is 2. The van der Waals surface area contributed by atoms with E-state index in [1.165, 1.54) is 6.07 Å². The third-order valence-corrected chi connectivity index (χ3v) is 2.20. The Morgan fingerprint density at radius 3 is 2.69 bits per heavy atom. The third kappa shape index (κ3) is 1.98. The van der Waals surface area contributed by atoms with Crippen molar-refractivity contribution in [3.63, 3.8) is 0 Å². The fraction of sp³-hybridized carbons (Fsp3) is 0.125. The lowest BCUT2D eigenvalue weighted by atomic mass is 10.1. The summed E-state index contributed by atoms with van der Waals surface area (Å²) in [5.41, 5.74) is 5.69. The van der Waals surface area contributed by atoms with E-state index in [1.54, 1.807) is 7.05 Å². The van der Waals surface area contributed by atoms with E-state index < -0.39 is 11.7 Å². The third-order valence-electron chi connectivity index (χ3n) is 1.60. The molecule has 0 fully saturated rings. The Balaban J connectivity index is 3.33. The molecular formula is C8H8BrFN2O. The Morgan fingerprint density at radius 2 is 2.23 bits per heavy atom. The molecule has 0 aliphatic rings. The van der Waals surface area contributed by atoms with Gasteiger partial charge in [-0.1, -0.05) is 0 Å². The van der Waals surface area contributed by atoms with Gasteiger partial charge in [-0.15, -0.1) is 0 Å². The van der Waals surface area contributed by atoms with Gasteiger partial charge in [-0.05, 0) is 28.1 Å². The summed E-state index contributed by atoms with van der Waals surface area (Å²) >= 11 is 3.00. The number of benzene rings is 1. The highest BCUT2D eigenvalue weighted by Gasteiger charge is 2.11. The van der Waals surface area contributed by atoms with Gasteiger partial charge in [0.15, 0.2) is 0 Å². The Kier molecular flexibility index (Phi) is 2.87. The molecule has 0 aliphatic carbocycles. The average Bonchev–Trinajstić information content (AvgIpc) is 2.08. The predicted molar refractivity (Wildman–Crippen MR) is 52.2 cm³/mol. The minimum Gasteiger partial charge on any atom is -0.387 e. The molecule has 0 spiro atoms. The van der Waals surface area contributed by atoms with Crippen molar-refractivity contribution in [3.8, 4) is 0 Å². The Morgan fingerprint density at radius 1 is 1.62 bits per heavy atom. The quantitative estimate of drug-likeness (QED) is 0.836. The molecule has 5 heteroatoms. The van der Waals surface area contributed by atoms with Crippen LogP contribution in [0, 0.1) is 5.82 Å². The number of rotatable bonds is 2. The van der Waals surface area contributed by atoms with Crippen molar-refractivity contribution in [2.45, 2.75) is 0 Å². The fourth-order valence-corrected chi connectivity index (χ4v) is 1.30. The normalized spacial score (nSPS) is 9.77. The lowest BCUT2D eigenvalue weighted by molar-refractivity contribution is 0.100. The summed E-state index contributed by atoms with van der Waals surface area (Å²) in [6.45, 7) is 0. The SMILES string of the molecule is CNc1cc(Br)c(F)cc1C(N)=O. The fourth-order valence-electron chi connectivity index (χ4n) is 0.958. The van der Waals surface area contributed by atoms with Gasteiger partial charge in [0.1, 0.15) is 5.82 Å². The number of nitrogens with one attached hydrogen (secondary N) is 1. The van der Waals surface area contributed by atoms with Crippen molar-refractivity contribution in [2.24, 2.45) is 5.73 Å². The van der Waals surface area contributed by atoms with Crippen molar-refractivity contribution in [1.82, 2.24) is 0 Å². The molecule has 0 radical (unpaired) electrons. The molecule has 0 bridgehead atoms. The molecule has 0 aromatic heterocycles. The first-order chi connectivity index (χ1) is 6.06. The van der Waals surface area contributed by atoms with E-state index in [0.29, 0.717) is 10.2 Å². The zero-order valence-corrected chi connectivity index (χ0v) is 8.48. The molecule has 0 saturated heterocycles. The Hall–Kier alpha value is -1.10. The molecule has 0 unspecified atom stereocenters. The summed E-state index contributed by atoms with van der Waals surface area (Å²) in [5.74, 6) is -1.16. The summed E-state index contributed by atoms with van der Waals surface area (Å²) in [4.78, 5) is 10.8. The van der Waals surface area contributed by atoms with Crippen LogP contribution in [0.4, 0.5) is 10.1 Å². The average molecular weight is 247 g/mol. The van der Waals surface area contributed by atoms with Crippen molar-refractivity contribution in [3.05, 3.63) is 28.0 Å². The lowest BCUT2D eigenvalue weighted by Crippen LogP contribution is -2.13. The molecular weight excluding hydrogens is 239 g/mol. The van der Waals surface area contributed by atoms with Gasteiger partial charge < -0.3 is 11.1 Å². The number of amides is 1. The van der Waals surface area contributed by atoms with Crippen molar-refractivity contribution < 1.29 is 9.18 Å². The van der Waals surface area contributed by atoms with Crippen LogP contribution in [0.25, 0.3) is 0 Å². The summed E-state index contributed by atoms with van der Waals surface area (Å²) in [6.07, 6.45) is 0. The molecule has 13 heavy (non-hydrogen) atoms. The van der Waals surface area contributed by atoms with Gasteiger partial charge >= 0.3 is 0 Å². The number of hydrogen-bond acceptors (Lipinski definition) is 2.